The molecule has 4 heteroatoms. The van der Waals surface area contributed by atoms with E-state index in [0.29, 0.717) is 21.7 Å². The van der Waals surface area contributed by atoms with Crippen LogP contribution < -0.4 is 10.1 Å². The van der Waals surface area contributed by atoms with Crippen molar-refractivity contribution >= 4 is 23.2 Å². The monoisotopic (exact) mass is 289 g/mol. The van der Waals surface area contributed by atoms with E-state index in [9.17, 15) is 0 Å². The third-order valence-electron chi connectivity index (χ3n) is 2.80. The topological polar surface area (TPSA) is 21.3 Å². The lowest BCUT2D eigenvalue weighted by atomic mass is 9.96. The molecule has 1 aromatic rings. The van der Waals surface area contributed by atoms with Crippen LogP contribution >= 0.6 is 23.2 Å². The molecule has 1 unspecified atom stereocenters. The normalized spacial score (nSPS) is 12.8. The van der Waals surface area contributed by atoms with Crippen molar-refractivity contribution in [2.24, 2.45) is 5.92 Å². The van der Waals surface area contributed by atoms with Crippen LogP contribution in [0.15, 0.2) is 12.1 Å². The summed E-state index contributed by atoms with van der Waals surface area (Å²) in [6, 6.07) is 3.91. The molecule has 0 fully saturated rings. The quantitative estimate of drug-likeness (QED) is 0.820. The van der Waals surface area contributed by atoms with Gasteiger partial charge in [0.15, 0.2) is 0 Å². The van der Waals surface area contributed by atoms with Gasteiger partial charge < -0.3 is 10.1 Å². The molecule has 0 radical (unpaired) electrons. The van der Waals surface area contributed by atoms with E-state index in [1.54, 1.807) is 13.2 Å². The summed E-state index contributed by atoms with van der Waals surface area (Å²) in [6.07, 6.45) is 1.02. The number of hydrogen-bond donors (Lipinski definition) is 1. The maximum absolute atomic E-state index is 6.32. The molecule has 1 N–H and O–H groups in total. The fourth-order valence-electron chi connectivity index (χ4n) is 2.01. The van der Waals surface area contributed by atoms with Crippen LogP contribution in [0.4, 0.5) is 0 Å². The average molecular weight is 290 g/mol. The highest BCUT2D eigenvalue weighted by Gasteiger charge is 2.17. The molecule has 0 aliphatic rings. The lowest BCUT2D eigenvalue weighted by molar-refractivity contribution is 0.413. The van der Waals surface area contributed by atoms with Gasteiger partial charge in [0, 0.05) is 17.1 Å². The van der Waals surface area contributed by atoms with Crippen LogP contribution in [-0.2, 0) is 0 Å². The van der Waals surface area contributed by atoms with Crippen LogP contribution in [0.5, 0.6) is 5.75 Å². The first-order valence-corrected chi connectivity index (χ1v) is 7.01. The molecule has 2 nitrogen and oxygen atoms in total. The molecule has 1 rings (SSSR count). The summed E-state index contributed by atoms with van der Waals surface area (Å²) >= 11 is 12.5. The molecular weight excluding hydrogens is 269 g/mol. The first kappa shape index (κ1) is 15.6. The van der Waals surface area contributed by atoms with Gasteiger partial charge in [0.2, 0.25) is 0 Å². The van der Waals surface area contributed by atoms with Crippen LogP contribution in [-0.4, -0.2) is 13.7 Å². The van der Waals surface area contributed by atoms with E-state index in [4.69, 9.17) is 27.9 Å². The van der Waals surface area contributed by atoms with Crippen LogP contribution in [0.25, 0.3) is 0 Å². The van der Waals surface area contributed by atoms with E-state index < -0.39 is 0 Å². The molecule has 0 aliphatic carbocycles. The first-order valence-electron chi connectivity index (χ1n) is 6.25. The van der Waals surface area contributed by atoms with Gasteiger partial charge in [-0.15, -0.1) is 0 Å². The summed E-state index contributed by atoms with van der Waals surface area (Å²) in [5, 5.41) is 4.75. The predicted molar refractivity (Wildman–Crippen MR) is 78.9 cm³/mol. The Hall–Kier alpha value is -0.440. The van der Waals surface area contributed by atoms with Crippen molar-refractivity contribution in [2.45, 2.75) is 33.2 Å². The molecule has 0 saturated heterocycles. The van der Waals surface area contributed by atoms with Crippen molar-refractivity contribution in [1.82, 2.24) is 5.32 Å². The first-order chi connectivity index (χ1) is 8.49. The van der Waals surface area contributed by atoms with Crippen molar-refractivity contribution in [2.75, 3.05) is 13.7 Å². The second-order valence-corrected chi connectivity index (χ2v) is 5.56. The van der Waals surface area contributed by atoms with Crippen molar-refractivity contribution in [3.8, 4) is 5.75 Å². The zero-order chi connectivity index (χ0) is 13.7. The zero-order valence-corrected chi connectivity index (χ0v) is 12.9. The number of rotatable bonds is 6. The van der Waals surface area contributed by atoms with Crippen LogP contribution in [0, 0.1) is 5.92 Å². The number of nitrogens with one attached hydrogen (secondary N) is 1. The summed E-state index contributed by atoms with van der Waals surface area (Å²) in [7, 11) is 1.59. The standard InChI is InChI=1S/C14H21Cl2NO/c1-5-17-13(6-9(2)3)10-7-12(16)14(18-4)8-11(10)15/h7-9,13,17H,5-6H2,1-4H3. The van der Waals surface area contributed by atoms with Gasteiger partial charge in [0.25, 0.3) is 0 Å². The summed E-state index contributed by atoms with van der Waals surface area (Å²) < 4.78 is 5.16. The Labute approximate surface area is 120 Å². The maximum atomic E-state index is 6.32. The maximum Gasteiger partial charge on any atom is 0.138 e. The Morgan fingerprint density at radius 3 is 2.39 bits per heavy atom. The molecule has 102 valence electrons. The zero-order valence-electron chi connectivity index (χ0n) is 11.4. The van der Waals surface area contributed by atoms with E-state index in [2.05, 4.69) is 26.1 Å². The molecular formula is C14H21Cl2NO. The van der Waals surface area contributed by atoms with Gasteiger partial charge in [-0.05, 0) is 30.5 Å². The molecule has 1 aromatic carbocycles. The highest BCUT2D eigenvalue weighted by atomic mass is 35.5. The Kier molecular flexibility index (Phi) is 6.27. The lowest BCUT2D eigenvalue weighted by Crippen LogP contribution is -2.22. The molecule has 0 saturated carbocycles. The summed E-state index contributed by atoms with van der Waals surface area (Å²) in [6.45, 7) is 7.39. The average Bonchev–Trinajstić information content (AvgIpc) is 2.30. The Balaban J connectivity index is 3.07. The molecule has 0 aromatic heterocycles. The lowest BCUT2D eigenvalue weighted by Gasteiger charge is -2.22. The van der Waals surface area contributed by atoms with E-state index >= 15 is 0 Å². The molecule has 0 heterocycles. The van der Waals surface area contributed by atoms with Gasteiger partial charge in [-0.2, -0.15) is 0 Å². The number of methoxy groups -OCH3 is 1. The number of hydrogen-bond acceptors (Lipinski definition) is 2. The predicted octanol–water partition coefficient (Wildman–Crippen LogP) is 4.70. The van der Waals surface area contributed by atoms with E-state index in [1.807, 2.05) is 6.07 Å². The highest BCUT2D eigenvalue weighted by Crippen LogP contribution is 2.35. The second kappa shape index (κ2) is 7.22. The third-order valence-corrected chi connectivity index (χ3v) is 3.43. The third kappa shape index (κ3) is 4.04. The van der Waals surface area contributed by atoms with Gasteiger partial charge in [0.05, 0.1) is 12.1 Å². The fourth-order valence-corrected chi connectivity index (χ4v) is 2.54. The molecule has 0 spiro atoms. The van der Waals surface area contributed by atoms with Gasteiger partial charge in [0.1, 0.15) is 5.75 Å². The van der Waals surface area contributed by atoms with Crippen molar-refractivity contribution in [3.63, 3.8) is 0 Å². The van der Waals surface area contributed by atoms with Gasteiger partial charge in [-0.3, -0.25) is 0 Å². The van der Waals surface area contributed by atoms with E-state index in [-0.39, 0.29) is 6.04 Å². The number of halogens is 2. The van der Waals surface area contributed by atoms with E-state index in [0.717, 1.165) is 18.5 Å². The minimum atomic E-state index is 0.228. The summed E-state index contributed by atoms with van der Waals surface area (Å²) in [5.41, 5.74) is 1.04. The van der Waals surface area contributed by atoms with E-state index in [1.165, 1.54) is 0 Å². The van der Waals surface area contributed by atoms with Crippen molar-refractivity contribution in [1.29, 1.82) is 0 Å². The Bertz CT molecular complexity index is 394. The van der Waals surface area contributed by atoms with Crippen LogP contribution in [0.1, 0.15) is 38.8 Å². The van der Waals surface area contributed by atoms with Gasteiger partial charge >= 0.3 is 0 Å². The van der Waals surface area contributed by atoms with Crippen molar-refractivity contribution < 1.29 is 4.74 Å². The van der Waals surface area contributed by atoms with Crippen LogP contribution in [0.2, 0.25) is 10.0 Å². The highest BCUT2D eigenvalue weighted by molar-refractivity contribution is 6.34. The van der Waals surface area contributed by atoms with Gasteiger partial charge in [-0.1, -0.05) is 44.0 Å². The van der Waals surface area contributed by atoms with Crippen LogP contribution in [0.3, 0.4) is 0 Å². The molecule has 0 bridgehead atoms. The molecule has 1 atom stereocenters. The molecule has 18 heavy (non-hydrogen) atoms. The molecule has 0 aliphatic heterocycles. The Morgan fingerprint density at radius 2 is 1.89 bits per heavy atom. The Morgan fingerprint density at radius 1 is 1.22 bits per heavy atom. The van der Waals surface area contributed by atoms with Gasteiger partial charge in [-0.25, -0.2) is 0 Å². The minimum absolute atomic E-state index is 0.228. The second-order valence-electron chi connectivity index (χ2n) is 4.75. The largest absolute Gasteiger partial charge is 0.495 e. The number of benzene rings is 1. The smallest absolute Gasteiger partial charge is 0.138 e. The van der Waals surface area contributed by atoms with Crippen molar-refractivity contribution in [3.05, 3.63) is 27.7 Å². The molecule has 0 amide bonds. The number of ether oxygens (including phenoxy) is 1. The summed E-state index contributed by atoms with van der Waals surface area (Å²) in [4.78, 5) is 0. The summed E-state index contributed by atoms with van der Waals surface area (Å²) in [5.74, 6) is 1.20. The fraction of sp³-hybridized carbons (Fsp3) is 0.571. The minimum Gasteiger partial charge on any atom is -0.495 e. The SMILES string of the molecule is CCNC(CC(C)C)c1cc(Cl)c(OC)cc1Cl.